The maximum atomic E-state index is 12.8. The molecule has 5 nitrogen and oxygen atoms in total. The second kappa shape index (κ2) is 7.91. The van der Waals surface area contributed by atoms with Crippen LogP contribution in [-0.4, -0.2) is 44.2 Å². The molecular formula is C22H29N3O2. The summed E-state index contributed by atoms with van der Waals surface area (Å²) in [6, 6.07) is 16.1. The van der Waals surface area contributed by atoms with E-state index in [0.29, 0.717) is 13.1 Å². The molecule has 1 heterocycles. The molecule has 1 aliphatic rings. The van der Waals surface area contributed by atoms with E-state index in [1.165, 1.54) is 0 Å². The van der Waals surface area contributed by atoms with Crippen LogP contribution in [0.1, 0.15) is 26.3 Å². The molecule has 144 valence electrons. The van der Waals surface area contributed by atoms with Crippen LogP contribution in [-0.2, 0) is 5.41 Å². The van der Waals surface area contributed by atoms with Gasteiger partial charge in [0.1, 0.15) is 5.75 Å². The first-order chi connectivity index (χ1) is 12.9. The molecular weight excluding hydrogens is 338 g/mol. The normalized spacial score (nSPS) is 14.8. The van der Waals surface area contributed by atoms with Crippen molar-refractivity contribution < 1.29 is 9.53 Å². The van der Waals surface area contributed by atoms with E-state index in [2.05, 4.69) is 49.2 Å². The van der Waals surface area contributed by atoms with Gasteiger partial charge in [0.2, 0.25) is 0 Å². The SMILES string of the molecule is COc1ccc(N2CCN(C(=O)Nc3ccccc3C(C)(C)C)CC2)cc1. The van der Waals surface area contributed by atoms with Gasteiger partial charge in [-0.1, -0.05) is 39.0 Å². The third-order valence-electron chi connectivity index (χ3n) is 4.98. The quantitative estimate of drug-likeness (QED) is 0.877. The predicted molar refractivity (Wildman–Crippen MR) is 111 cm³/mol. The Morgan fingerprint density at radius 2 is 1.59 bits per heavy atom. The van der Waals surface area contributed by atoms with Gasteiger partial charge in [0, 0.05) is 37.6 Å². The number of carbonyl (C=O) groups excluding carboxylic acids is 1. The van der Waals surface area contributed by atoms with Crippen molar-refractivity contribution in [2.45, 2.75) is 26.2 Å². The number of nitrogens with zero attached hydrogens (tertiary/aromatic N) is 2. The maximum Gasteiger partial charge on any atom is 0.321 e. The summed E-state index contributed by atoms with van der Waals surface area (Å²) in [5.74, 6) is 0.856. The number of hydrogen-bond donors (Lipinski definition) is 1. The molecule has 0 saturated carbocycles. The summed E-state index contributed by atoms with van der Waals surface area (Å²) in [6.07, 6.45) is 0. The van der Waals surface area contributed by atoms with Gasteiger partial charge < -0.3 is 19.9 Å². The van der Waals surface area contributed by atoms with Gasteiger partial charge in [0.15, 0.2) is 0 Å². The minimum absolute atomic E-state index is 0.0169. The number of amides is 2. The molecule has 0 aliphatic carbocycles. The zero-order valence-electron chi connectivity index (χ0n) is 16.7. The van der Waals surface area contributed by atoms with Crippen LogP contribution in [0.2, 0.25) is 0 Å². The van der Waals surface area contributed by atoms with E-state index in [0.717, 1.165) is 35.8 Å². The first kappa shape index (κ1) is 19.1. The molecule has 0 spiro atoms. The van der Waals surface area contributed by atoms with Gasteiger partial charge in [-0.3, -0.25) is 0 Å². The molecule has 3 rings (SSSR count). The number of ether oxygens (including phenoxy) is 1. The summed E-state index contributed by atoms with van der Waals surface area (Å²) < 4.78 is 5.22. The third-order valence-corrected chi connectivity index (χ3v) is 4.98. The highest BCUT2D eigenvalue weighted by atomic mass is 16.5. The molecule has 0 aromatic heterocycles. The molecule has 27 heavy (non-hydrogen) atoms. The number of carbonyl (C=O) groups is 1. The van der Waals surface area contributed by atoms with Crippen molar-refractivity contribution in [2.24, 2.45) is 0 Å². The Bertz CT molecular complexity index is 773. The van der Waals surface area contributed by atoms with E-state index in [-0.39, 0.29) is 11.4 Å². The Morgan fingerprint density at radius 3 is 2.19 bits per heavy atom. The Hall–Kier alpha value is -2.69. The van der Waals surface area contributed by atoms with Crippen molar-refractivity contribution in [3.63, 3.8) is 0 Å². The number of anilines is 2. The van der Waals surface area contributed by atoms with Crippen LogP contribution in [0, 0.1) is 0 Å². The average Bonchev–Trinajstić information content (AvgIpc) is 2.68. The molecule has 1 N–H and O–H groups in total. The molecule has 2 aromatic carbocycles. The van der Waals surface area contributed by atoms with Gasteiger partial charge in [-0.2, -0.15) is 0 Å². The van der Waals surface area contributed by atoms with Gasteiger partial charge in [-0.15, -0.1) is 0 Å². The van der Waals surface area contributed by atoms with Gasteiger partial charge in [0.05, 0.1) is 7.11 Å². The highest BCUT2D eigenvalue weighted by Crippen LogP contribution is 2.29. The number of methoxy groups -OCH3 is 1. The number of rotatable bonds is 3. The fourth-order valence-electron chi connectivity index (χ4n) is 3.40. The lowest BCUT2D eigenvalue weighted by Gasteiger charge is -2.36. The lowest BCUT2D eigenvalue weighted by atomic mass is 9.86. The van der Waals surface area contributed by atoms with Crippen molar-refractivity contribution in [3.05, 3.63) is 54.1 Å². The second-order valence-corrected chi connectivity index (χ2v) is 7.90. The van der Waals surface area contributed by atoms with Crippen molar-refractivity contribution in [1.29, 1.82) is 0 Å². The molecule has 2 amide bonds. The first-order valence-electron chi connectivity index (χ1n) is 9.43. The van der Waals surface area contributed by atoms with Crippen LogP contribution < -0.4 is 15.0 Å². The molecule has 0 unspecified atom stereocenters. The monoisotopic (exact) mass is 367 g/mol. The predicted octanol–water partition coefficient (Wildman–Crippen LogP) is 4.35. The van der Waals surface area contributed by atoms with Crippen LogP contribution in [0.25, 0.3) is 0 Å². The van der Waals surface area contributed by atoms with E-state index >= 15 is 0 Å². The van der Waals surface area contributed by atoms with Crippen molar-refractivity contribution in [1.82, 2.24) is 4.90 Å². The fourth-order valence-corrected chi connectivity index (χ4v) is 3.40. The second-order valence-electron chi connectivity index (χ2n) is 7.90. The smallest absolute Gasteiger partial charge is 0.321 e. The lowest BCUT2D eigenvalue weighted by molar-refractivity contribution is 0.208. The minimum Gasteiger partial charge on any atom is -0.497 e. The molecule has 5 heteroatoms. The minimum atomic E-state index is -0.0268. The zero-order valence-corrected chi connectivity index (χ0v) is 16.7. The molecule has 1 aliphatic heterocycles. The van der Waals surface area contributed by atoms with Crippen LogP contribution >= 0.6 is 0 Å². The molecule has 0 radical (unpaired) electrons. The highest BCUT2D eigenvalue weighted by molar-refractivity contribution is 5.90. The van der Waals surface area contributed by atoms with Gasteiger partial charge >= 0.3 is 6.03 Å². The van der Waals surface area contributed by atoms with Crippen molar-refractivity contribution in [2.75, 3.05) is 43.5 Å². The Labute approximate surface area is 161 Å². The first-order valence-corrected chi connectivity index (χ1v) is 9.43. The molecule has 0 atom stereocenters. The maximum absolute atomic E-state index is 12.8. The molecule has 1 saturated heterocycles. The number of nitrogens with one attached hydrogen (secondary N) is 1. The summed E-state index contributed by atoms with van der Waals surface area (Å²) in [4.78, 5) is 16.9. The largest absolute Gasteiger partial charge is 0.497 e. The van der Waals surface area contributed by atoms with Crippen molar-refractivity contribution >= 4 is 17.4 Å². The highest BCUT2D eigenvalue weighted by Gasteiger charge is 2.23. The van der Waals surface area contributed by atoms with Crippen LogP contribution in [0.3, 0.4) is 0 Å². The number of hydrogen-bond acceptors (Lipinski definition) is 3. The summed E-state index contributed by atoms with van der Waals surface area (Å²) >= 11 is 0. The summed E-state index contributed by atoms with van der Waals surface area (Å²) in [6.45, 7) is 9.52. The average molecular weight is 367 g/mol. The van der Waals surface area contributed by atoms with Crippen molar-refractivity contribution in [3.8, 4) is 5.75 Å². The van der Waals surface area contributed by atoms with E-state index in [4.69, 9.17) is 4.74 Å². The van der Waals surface area contributed by atoms with E-state index in [1.54, 1.807) is 7.11 Å². The van der Waals surface area contributed by atoms with E-state index in [1.807, 2.05) is 35.2 Å². The van der Waals surface area contributed by atoms with Gasteiger partial charge in [-0.05, 0) is 41.3 Å². The van der Waals surface area contributed by atoms with E-state index < -0.39 is 0 Å². The Morgan fingerprint density at radius 1 is 0.963 bits per heavy atom. The number of benzene rings is 2. The topological polar surface area (TPSA) is 44.8 Å². The van der Waals surface area contributed by atoms with Gasteiger partial charge in [0.25, 0.3) is 0 Å². The Balaban J connectivity index is 1.60. The number of piperazine rings is 1. The van der Waals surface area contributed by atoms with E-state index in [9.17, 15) is 4.79 Å². The molecule has 1 fully saturated rings. The van der Waals surface area contributed by atoms with Crippen LogP contribution in [0.15, 0.2) is 48.5 Å². The molecule has 0 bridgehead atoms. The lowest BCUT2D eigenvalue weighted by Crippen LogP contribution is -2.50. The molecule has 2 aromatic rings. The Kier molecular flexibility index (Phi) is 5.59. The van der Waals surface area contributed by atoms with Gasteiger partial charge in [-0.25, -0.2) is 4.79 Å². The van der Waals surface area contributed by atoms with Crippen LogP contribution in [0.5, 0.6) is 5.75 Å². The standard InChI is InChI=1S/C22H29N3O2/c1-22(2,3)19-7-5-6-8-20(19)23-21(26)25-15-13-24(14-16-25)17-9-11-18(27-4)12-10-17/h5-12H,13-16H2,1-4H3,(H,23,26). The summed E-state index contributed by atoms with van der Waals surface area (Å²) in [7, 11) is 1.67. The number of urea groups is 1. The number of para-hydroxylation sites is 1. The third kappa shape index (κ3) is 4.54. The van der Waals surface area contributed by atoms with Crippen LogP contribution in [0.4, 0.5) is 16.2 Å². The summed E-state index contributed by atoms with van der Waals surface area (Å²) in [5.41, 5.74) is 3.19. The summed E-state index contributed by atoms with van der Waals surface area (Å²) in [5, 5.41) is 3.11. The zero-order chi connectivity index (χ0) is 19.4. The fraction of sp³-hybridized carbons (Fsp3) is 0.409.